The molecule has 0 radical (unpaired) electrons. The predicted molar refractivity (Wildman–Crippen MR) is 98.5 cm³/mol. The molecule has 2 rings (SSSR count). The first-order valence-electron chi connectivity index (χ1n) is 7.62. The number of hydrogen-bond donors (Lipinski definition) is 0. The molecule has 0 saturated carbocycles. The van der Waals surface area contributed by atoms with Crippen molar-refractivity contribution in [1.82, 2.24) is 0 Å². The van der Waals surface area contributed by atoms with Gasteiger partial charge in [0.05, 0.1) is 13.1 Å². The molecule has 150 valence electrons. The SMILES string of the molecule is O=S(=O)([O-])Oc1ccccc1C=NCCN=Cc1ccccc1OS(=O)(=O)[O-].[Na+].[Na+]. The van der Waals surface area contributed by atoms with E-state index in [9.17, 15) is 25.9 Å². The van der Waals surface area contributed by atoms with Crippen molar-refractivity contribution in [3.63, 3.8) is 0 Å². The van der Waals surface area contributed by atoms with Crippen molar-refractivity contribution in [3.8, 4) is 11.5 Å². The number of hydrogen-bond acceptors (Lipinski definition) is 10. The van der Waals surface area contributed by atoms with Gasteiger partial charge in [-0.25, -0.2) is 16.8 Å². The van der Waals surface area contributed by atoms with Crippen molar-refractivity contribution in [3.05, 3.63) is 59.7 Å². The molecule has 0 aliphatic heterocycles. The first-order valence-corrected chi connectivity index (χ1v) is 10.3. The van der Waals surface area contributed by atoms with E-state index in [4.69, 9.17) is 0 Å². The largest absolute Gasteiger partial charge is 1.00 e. The van der Waals surface area contributed by atoms with Gasteiger partial charge in [-0.3, -0.25) is 9.98 Å². The summed E-state index contributed by atoms with van der Waals surface area (Å²) in [7, 11) is -9.80. The van der Waals surface area contributed by atoms with Crippen LogP contribution in [0.5, 0.6) is 11.5 Å². The molecule has 2 aromatic rings. The Morgan fingerprint density at radius 1 is 0.700 bits per heavy atom. The smallest absolute Gasteiger partial charge is 0.716 e. The maximum absolute atomic E-state index is 10.7. The van der Waals surface area contributed by atoms with E-state index in [1.54, 1.807) is 12.1 Å². The van der Waals surface area contributed by atoms with Crippen LogP contribution in [0.4, 0.5) is 0 Å². The van der Waals surface area contributed by atoms with Gasteiger partial charge in [-0.2, -0.15) is 0 Å². The molecule has 0 bridgehead atoms. The molecule has 0 heterocycles. The molecule has 0 aliphatic rings. The minimum Gasteiger partial charge on any atom is -0.716 e. The minimum absolute atomic E-state index is 0. The number of nitrogens with zero attached hydrogens (tertiary/aromatic N) is 2. The Bertz CT molecular complexity index is 1000. The summed E-state index contributed by atoms with van der Waals surface area (Å²) in [5.41, 5.74) is 0.593. The molecule has 10 nitrogen and oxygen atoms in total. The van der Waals surface area contributed by atoms with Gasteiger partial charge in [-0.1, -0.05) is 24.3 Å². The Kier molecular flexibility index (Phi) is 13.2. The zero-order valence-corrected chi connectivity index (χ0v) is 21.8. The van der Waals surface area contributed by atoms with Crippen LogP contribution >= 0.6 is 0 Å². The summed E-state index contributed by atoms with van der Waals surface area (Å²) in [5, 5.41) is 0. The maximum atomic E-state index is 10.7. The normalized spacial score (nSPS) is 11.7. The molecule has 0 N–H and O–H groups in total. The second-order valence-corrected chi connectivity index (χ2v) is 7.10. The van der Waals surface area contributed by atoms with Crippen molar-refractivity contribution in [1.29, 1.82) is 0 Å². The van der Waals surface area contributed by atoms with Crippen LogP contribution in [-0.2, 0) is 20.8 Å². The van der Waals surface area contributed by atoms with E-state index < -0.39 is 20.8 Å². The van der Waals surface area contributed by atoms with Crippen LogP contribution in [0, 0.1) is 0 Å². The Labute approximate surface area is 218 Å². The van der Waals surface area contributed by atoms with Crippen LogP contribution in [-0.4, -0.2) is 51.5 Å². The number of rotatable bonds is 9. The summed E-state index contributed by atoms with van der Waals surface area (Å²) in [4.78, 5) is 8.11. The zero-order chi connectivity index (χ0) is 20.6. The van der Waals surface area contributed by atoms with Crippen molar-refractivity contribution in [2.45, 2.75) is 0 Å². The standard InChI is InChI=1S/C16H16N2O8S2.2Na/c19-27(20,21)25-15-7-3-1-5-13(15)11-17-9-10-18-12-14-6-2-4-8-16(14)26-28(22,23)24;;/h1-8,11-12H,9-10H2,(H,19,20,21)(H,22,23,24);;/q;2*+1/p-2. The summed E-state index contributed by atoms with van der Waals surface area (Å²) in [6.45, 7) is 0.412. The van der Waals surface area contributed by atoms with Crippen molar-refractivity contribution >= 4 is 33.2 Å². The third kappa shape index (κ3) is 11.6. The van der Waals surface area contributed by atoms with E-state index in [0.29, 0.717) is 11.1 Å². The molecule has 0 amide bonds. The van der Waals surface area contributed by atoms with Crippen LogP contribution in [0.3, 0.4) is 0 Å². The summed E-state index contributed by atoms with van der Waals surface area (Å²) in [6.07, 6.45) is 2.66. The molecular weight excluding hydrogens is 458 g/mol. The molecule has 14 heteroatoms. The van der Waals surface area contributed by atoms with Crippen LogP contribution in [0.2, 0.25) is 0 Å². The molecule has 2 aromatic carbocycles. The fraction of sp³-hybridized carbons (Fsp3) is 0.125. The van der Waals surface area contributed by atoms with E-state index in [2.05, 4.69) is 18.4 Å². The summed E-state index contributed by atoms with van der Waals surface area (Å²) in [6, 6.07) is 11.9. The van der Waals surface area contributed by atoms with E-state index >= 15 is 0 Å². The van der Waals surface area contributed by atoms with Gasteiger partial charge in [0.15, 0.2) is 0 Å². The number of aliphatic imine (C=N–C) groups is 2. The van der Waals surface area contributed by atoms with Gasteiger partial charge in [0.1, 0.15) is 11.5 Å². The summed E-state index contributed by atoms with van der Waals surface area (Å²) in [5.74, 6) is -0.288. The quantitative estimate of drug-likeness (QED) is 0.115. The summed E-state index contributed by atoms with van der Waals surface area (Å²) < 4.78 is 72.9. The van der Waals surface area contributed by atoms with Gasteiger partial charge in [-0.05, 0) is 24.3 Å². The van der Waals surface area contributed by atoms with Gasteiger partial charge < -0.3 is 17.5 Å². The second-order valence-electron chi connectivity index (χ2n) is 5.13. The monoisotopic (exact) mass is 472 g/mol. The Morgan fingerprint density at radius 2 is 1.03 bits per heavy atom. The second kappa shape index (κ2) is 13.6. The average molecular weight is 472 g/mol. The van der Waals surface area contributed by atoms with Crippen molar-refractivity contribution < 1.29 is 93.4 Å². The van der Waals surface area contributed by atoms with Crippen molar-refractivity contribution in [2.24, 2.45) is 9.98 Å². The van der Waals surface area contributed by atoms with Crippen LogP contribution < -0.4 is 67.5 Å². The number of benzene rings is 2. The third-order valence-corrected chi connectivity index (χ3v) is 3.81. The molecule has 0 aliphatic carbocycles. The van der Waals surface area contributed by atoms with Crippen LogP contribution in [0.25, 0.3) is 0 Å². The molecule has 0 saturated heterocycles. The molecule has 30 heavy (non-hydrogen) atoms. The molecule has 0 atom stereocenters. The Hall–Kier alpha value is -0.800. The molecular formula is C16H14N2Na2O8S2. The van der Waals surface area contributed by atoms with Crippen LogP contribution in [0.15, 0.2) is 58.5 Å². The van der Waals surface area contributed by atoms with Gasteiger partial charge in [0, 0.05) is 23.6 Å². The van der Waals surface area contributed by atoms with E-state index in [0.717, 1.165) is 0 Å². The summed E-state index contributed by atoms with van der Waals surface area (Å²) >= 11 is 0. The fourth-order valence-corrected chi connectivity index (χ4v) is 2.73. The van der Waals surface area contributed by atoms with Gasteiger partial charge in [0.2, 0.25) is 0 Å². The van der Waals surface area contributed by atoms with E-state index in [-0.39, 0.29) is 83.7 Å². The molecule has 0 fully saturated rings. The first-order chi connectivity index (χ1) is 13.1. The van der Waals surface area contributed by atoms with Gasteiger partial charge in [0.25, 0.3) is 20.8 Å². The van der Waals surface area contributed by atoms with E-state index in [1.807, 2.05) is 0 Å². The minimum atomic E-state index is -4.90. The average Bonchev–Trinajstić information content (AvgIpc) is 2.58. The van der Waals surface area contributed by atoms with Crippen LogP contribution in [0.1, 0.15) is 11.1 Å². The number of para-hydroxylation sites is 2. The fourth-order valence-electron chi connectivity index (χ4n) is 1.99. The Balaban J connectivity index is 0.00000420. The molecule has 0 aromatic heterocycles. The molecule has 0 unspecified atom stereocenters. The third-order valence-electron chi connectivity index (χ3n) is 3.04. The molecule has 0 spiro atoms. The topological polar surface area (TPSA) is 158 Å². The van der Waals surface area contributed by atoms with Crippen molar-refractivity contribution in [2.75, 3.05) is 13.1 Å². The predicted octanol–water partition coefficient (Wildman–Crippen LogP) is -5.09. The maximum Gasteiger partial charge on any atom is 1.00 e. The first kappa shape index (κ1) is 29.2. The van der Waals surface area contributed by atoms with E-state index in [1.165, 1.54) is 48.8 Å². The Morgan fingerprint density at radius 3 is 1.37 bits per heavy atom. The van der Waals surface area contributed by atoms with Gasteiger partial charge >= 0.3 is 59.1 Å². The zero-order valence-electron chi connectivity index (χ0n) is 16.2. The van der Waals surface area contributed by atoms with Gasteiger partial charge in [-0.15, -0.1) is 0 Å².